The van der Waals surface area contributed by atoms with E-state index in [2.05, 4.69) is 38.9 Å². The van der Waals surface area contributed by atoms with Crippen molar-refractivity contribution < 1.29 is 14.7 Å². The van der Waals surface area contributed by atoms with E-state index in [1.165, 1.54) is 6.42 Å². The molecule has 3 rings (SSSR count). The van der Waals surface area contributed by atoms with E-state index in [1.807, 2.05) is 18.7 Å². The number of carbonyl (C=O) groups is 2. The number of carboxylic acid groups (broad SMARTS) is 1. The maximum absolute atomic E-state index is 12.5. The number of nitrogens with one attached hydrogen (secondary N) is 1. The van der Waals surface area contributed by atoms with E-state index < -0.39 is 0 Å². The van der Waals surface area contributed by atoms with Crippen LogP contribution in [-0.2, 0) is 4.79 Å². The van der Waals surface area contributed by atoms with Gasteiger partial charge in [-0.15, -0.1) is 0 Å². The van der Waals surface area contributed by atoms with E-state index in [4.69, 9.17) is 9.90 Å². The van der Waals surface area contributed by atoms with Gasteiger partial charge in [0, 0.05) is 52.0 Å². The summed E-state index contributed by atoms with van der Waals surface area (Å²) in [6.45, 7) is 15.5. The zero-order chi connectivity index (χ0) is 22.1. The maximum Gasteiger partial charge on any atom is 0.317 e. The summed E-state index contributed by atoms with van der Waals surface area (Å²) in [6, 6.07) is 0.0732. The molecule has 0 radical (unpaired) electrons. The third-order valence-corrected chi connectivity index (χ3v) is 5.45. The van der Waals surface area contributed by atoms with Crippen LogP contribution in [0, 0.1) is 25.7 Å². The molecule has 0 bridgehead atoms. The van der Waals surface area contributed by atoms with Crippen LogP contribution in [0.25, 0.3) is 0 Å². The minimum atomic E-state index is -0.250. The number of amides is 2. The van der Waals surface area contributed by atoms with Gasteiger partial charge < -0.3 is 25.1 Å². The first-order chi connectivity index (χ1) is 14.3. The molecule has 1 aromatic heterocycles. The summed E-state index contributed by atoms with van der Waals surface area (Å²) in [4.78, 5) is 36.6. The molecule has 2 aliphatic heterocycles. The highest BCUT2D eigenvalue weighted by atomic mass is 16.3. The largest absolute Gasteiger partial charge is 0.483 e. The van der Waals surface area contributed by atoms with Crippen molar-refractivity contribution in [1.29, 1.82) is 0 Å². The Labute approximate surface area is 179 Å². The van der Waals surface area contributed by atoms with E-state index in [-0.39, 0.29) is 12.5 Å². The number of urea groups is 1. The number of aryl methyl sites for hydroxylation is 2. The topological polar surface area (TPSA) is 102 Å². The van der Waals surface area contributed by atoms with Crippen molar-refractivity contribution in [2.75, 3.05) is 57.3 Å². The van der Waals surface area contributed by atoms with Gasteiger partial charge in [0.1, 0.15) is 5.82 Å². The lowest BCUT2D eigenvalue weighted by Crippen LogP contribution is -2.52. The van der Waals surface area contributed by atoms with Crippen molar-refractivity contribution in [3.05, 3.63) is 17.6 Å². The first kappa shape index (κ1) is 23.9. The fraction of sp³-hybridized carbons (Fsp3) is 0.714. The zero-order valence-corrected chi connectivity index (χ0v) is 18.7. The first-order valence-corrected chi connectivity index (χ1v) is 10.7. The van der Waals surface area contributed by atoms with Crippen LogP contribution in [0.5, 0.6) is 0 Å². The molecule has 9 heteroatoms. The molecule has 2 aliphatic rings. The molecule has 2 N–H and O–H groups in total. The third kappa shape index (κ3) is 7.12. The van der Waals surface area contributed by atoms with Crippen molar-refractivity contribution in [2.24, 2.45) is 11.8 Å². The molecule has 0 saturated carbocycles. The molecule has 3 heterocycles. The number of piperazine rings is 1. The highest BCUT2D eigenvalue weighted by Crippen LogP contribution is 2.18. The second-order valence-electron chi connectivity index (χ2n) is 8.49. The molecule has 2 fully saturated rings. The van der Waals surface area contributed by atoms with Gasteiger partial charge in [0.15, 0.2) is 0 Å². The summed E-state index contributed by atoms with van der Waals surface area (Å²) in [5, 5.41) is 10.0. The van der Waals surface area contributed by atoms with Crippen molar-refractivity contribution in [3.8, 4) is 0 Å². The van der Waals surface area contributed by atoms with Gasteiger partial charge in [-0.25, -0.2) is 9.78 Å². The third-order valence-electron chi connectivity index (χ3n) is 5.45. The fourth-order valence-corrected chi connectivity index (χ4v) is 4.05. The Morgan fingerprint density at radius 3 is 2.57 bits per heavy atom. The van der Waals surface area contributed by atoms with Gasteiger partial charge in [-0.05, 0) is 38.6 Å². The number of anilines is 1. The van der Waals surface area contributed by atoms with Crippen LogP contribution in [-0.4, -0.2) is 89.7 Å². The van der Waals surface area contributed by atoms with Crippen molar-refractivity contribution >= 4 is 18.3 Å². The molecule has 1 atom stereocenters. The number of likely N-dealkylation sites (tertiary alicyclic amines) is 1. The average Bonchev–Trinajstić information content (AvgIpc) is 3.15. The summed E-state index contributed by atoms with van der Waals surface area (Å²) >= 11 is 0. The summed E-state index contributed by atoms with van der Waals surface area (Å²) < 4.78 is 0. The molecule has 2 amide bonds. The molecule has 0 spiro atoms. The van der Waals surface area contributed by atoms with Crippen LogP contribution < -0.4 is 10.2 Å². The Kier molecular flexibility index (Phi) is 9.29. The van der Waals surface area contributed by atoms with Crippen molar-refractivity contribution in [2.45, 2.75) is 34.1 Å². The minimum Gasteiger partial charge on any atom is -0.483 e. The SMILES string of the molecule is Cc1cnc(C)c(N2CCN(C(=O)NCC3CCN(CC(C)C)C3)CC2)n1.O=CO. The number of hydrogen-bond acceptors (Lipinski definition) is 6. The Hall–Kier alpha value is -2.42. The van der Waals surface area contributed by atoms with Gasteiger partial charge in [0.25, 0.3) is 6.47 Å². The first-order valence-electron chi connectivity index (χ1n) is 10.7. The molecular weight excluding hydrogens is 384 g/mol. The predicted molar refractivity (Wildman–Crippen MR) is 117 cm³/mol. The predicted octanol–water partition coefficient (Wildman–Crippen LogP) is 1.60. The summed E-state index contributed by atoms with van der Waals surface area (Å²) in [5.41, 5.74) is 1.88. The Morgan fingerprint density at radius 2 is 1.93 bits per heavy atom. The van der Waals surface area contributed by atoms with E-state index in [9.17, 15) is 4.79 Å². The Bertz CT molecular complexity index is 691. The van der Waals surface area contributed by atoms with E-state index in [0.717, 1.165) is 69.6 Å². The smallest absolute Gasteiger partial charge is 0.317 e. The minimum absolute atomic E-state index is 0.0732. The molecule has 168 valence electrons. The van der Waals surface area contributed by atoms with Crippen molar-refractivity contribution in [3.63, 3.8) is 0 Å². The van der Waals surface area contributed by atoms with Gasteiger partial charge >= 0.3 is 6.03 Å². The van der Waals surface area contributed by atoms with Crippen molar-refractivity contribution in [1.82, 2.24) is 25.1 Å². The highest BCUT2D eigenvalue weighted by Gasteiger charge is 2.26. The summed E-state index contributed by atoms with van der Waals surface area (Å²) in [6.07, 6.45) is 2.99. The second kappa shape index (κ2) is 11.7. The van der Waals surface area contributed by atoms with Crippen LogP contribution in [0.1, 0.15) is 31.7 Å². The van der Waals surface area contributed by atoms with Gasteiger partial charge in [-0.1, -0.05) is 13.8 Å². The molecule has 0 aliphatic carbocycles. The lowest BCUT2D eigenvalue weighted by molar-refractivity contribution is -0.122. The van der Waals surface area contributed by atoms with E-state index in [0.29, 0.717) is 11.8 Å². The van der Waals surface area contributed by atoms with Gasteiger partial charge in [0.05, 0.1) is 11.4 Å². The number of aromatic nitrogens is 2. The number of nitrogens with zero attached hydrogens (tertiary/aromatic N) is 5. The van der Waals surface area contributed by atoms with Crippen LogP contribution in [0.4, 0.5) is 10.6 Å². The molecule has 9 nitrogen and oxygen atoms in total. The fourth-order valence-electron chi connectivity index (χ4n) is 4.05. The highest BCUT2D eigenvalue weighted by molar-refractivity contribution is 5.74. The quantitative estimate of drug-likeness (QED) is 0.698. The molecule has 30 heavy (non-hydrogen) atoms. The Balaban J connectivity index is 0.00000101. The lowest BCUT2D eigenvalue weighted by atomic mass is 10.1. The molecule has 1 aromatic rings. The lowest BCUT2D eigenvalue weighted by Gasteiger charge is -2.36. The summed E-state index contributed by atoms with van der Waals surface area (Å²) in [7, 11) is 0. The normalized spacial score (nSPS) is 19.4. The second-order valence-corrected chi connectivity index (χ2v) is 8.49. The molecule has 2 saturated heterocycles. The van der Waals surface area contributed by atoms with Crippen LogP contribution in [0.2, 0.25) is 0 Å². The van der Waals surface area contributed by atoms with Gasteiger partial charge in [-0.2, -0.15) is 0 Å². The van der Waals surface area contributed by atoms with Gasteiger partial charge in [0.2, 0.25) is 0 Å². The number of carbonyl (C=O) groups excluding carboxylic acids is 1. The van der Waals surface area contributed by atoms with Crippen LogP contribution in [0.3, 0.4) is 0 Å². The van der Waals surface area contributed by atoms with E-state index >= 15 is 0 Å². The summed E-state index contributed by atoms with van der Waals surface area (Å²) in [5.74, 6) is 2.24. The monoisotopic (exact) mass is 420 g/mol. The standard InChI is InChI=1S/C20H34N6O.CH2O2/c1-15(2)13-24-6-5-18(14-24)12-22-20(27)26-9-7-25(8-10-26)19-17(4)21-11-16(3)23-19;2-1-3/h11,15,18H,5-10,12-14H2,1-4H3,(H,22,27);1H,(H,2,3). The Morgan fingerprint density at radius 1 is 1.27 bits per heavy atom. The maximum atomic E-state index is 12.5. The average molecular weight is 421 g/mol. The van der Waals surface area contributed by atoms with Gasteiger partial charge in [-0.3, -0.25) is 9.78 Å². The molecule has 0 aromatic carbocycles. The zero-order valence-electron chi connectivity index (χ0n) is 18.7. The number of hydrogen-bond donors (Lipinski definition) is 2. The number of rotatable bonds is 5. The molecular formula is C21H36N6O3. The van der Waals surface area contributed by atoms with Crippen LogP contribution in [0.15, 0.2) is 6.20 Å². The molecule has 1 unspecified atom stereocenters. The van der Waals surface area contributed by atoms with Crippen LogP contribution >= 0.6 is 0 Å². The van der Waals surface area contributed by atoms with E-state index in [1.54, 1.807) is 6.20 Å².